The summed E-state index contributed by atoms with van der Waals surface area (Å²) in [5.74, 6) is 0.156. The summed E-state index contributed by atoms with van der Waals surface area (Å²) in [5.41, 5.74) is 0.819. The van der Waals surface area contributed by atoms with Crippen LogP contribution in [-0.2, 0) is 11.3 Å². The van der Waals surface area contributed by atoms with Crippen LogP contribution in [-0.4, -0.2) is 10.9 Å². The van der Waals surface area contributed by atoms with Gasteiger partial charge in [0.1, 0.15) is 0 Å². The summed E-state index contributed by atoms with van der Waals surface area (Å²) in [6.45, 7) is 2.54. The van der Waals surface area contributed by atoms with Crippen LogP contribution in [0.4, 0.5) is 0 Å². The number of hydrogen-bond donors (Lipinski definition) is 1. The van der Waals surface area contributed by atoms with Crippen LogP contribution in [0.2, 0.25) is 0 Å². The van der Waals surface area contributed by atoms with Gasteiger partial charge in [-0.2, -0.15) is 0 Å². The van der Waals surface area contributed by atoms with Gasteiger partial charge in [0.25, 0.3) is 0 Å². The van der Waals surface area contributed by atoms with Crippen molar-refractivity contribution in [2.75, 3.05) is 0 Å². The number of pyridine rings is 1. The lowest BCUT2D eigenvalue weighted by Crippen LogP contribution is -2.29. The molecule has 0 spiro atoms. The third-order valence-corrected chi connectivity index (χ3v) is 2.70. The second-order valence-electron chi connectivity index (χ2n) is 4.06. The van der Waals surface area contributed by atoms with Gasteiger partial charge in [0, 0.05) is 11.6 Å². The van der Waals surface area contributed by atoms with Crippen LogP contribution in [0.1, 0.15) is 25.5 Å². The maximum Gasteiger partial charge on any atom is 0.226 e. The molecule has 0 aliphatic heterocycles. The molecule has 0 atom stereocenters. The first-order valence-electron chi connectivity index (χ1n) is 4.89. The number of hydrogen-bond acceptors (Lipinski definition) is 2. The number of carbonyl (C=O) groups is 1. The molecule has 2 rings (SSSR count). The Morgan fingerprint density at radius 2 is 2.36 bits per heavy atom. The highest BCUT2D eigenvalue weighted by atomic mass is 16.2. The molecule has 1 aromatic heterocycles. The standard InChI is InChI=1S/C11H14N2O/c1-11(5-6-11)10(14)13-8-9-4-2-3-7-12-9/h2-4,7H,5-6,8H2,1H3,(H,13,14). The molecular weight excluding hydrogens is 176 g/mol. The summed E-state index contributed by atoms with van der Waals surface area (Å²) in [6, 6.07) is 5.70. The van der Waals surface area contributed by atoms with Crippen molar-refractivity contribution in [1.29, 1.82) is 0 Å². The minimum atomic E-state index is -0.0885. The van der Waals surface area contributed by atoms with E-state index in [4.69, 9.17) is 0 Å². The van der Waals surface area contributed by atoms with Crippen LogP contribution in [0.5, 0.6) is 0 Å². The number of nitrogens with one attached hydrogen (secondary N) is 1. The highest BCUT2D eigenvalue weighted by Crippen LogP contribution is 2.44. The van der Waals surface area contributed by atoms with Crippen LogP contribution in [0, 0.1) is 5.41 Å². The van der Waals surface area contributed by atoms with E-state index in [2.05, 4.69) is 10.3 Å². The fourth-order valence-corrected chi connectivity index (χ4v) is 1.30. The molecule has 0 bridgehead atoms. The molecule has 74 valence electrons. The van der Waals surface area contributed by atoms with E-state index in [9.17, 15) is 4.79 Å². The maximum atomic E-state index is 11.6. The normalized spacial score (nSPS) is 17.5. The van der Waals surface area contributed by atoms with Crippen LogP contribution in [0.15, 0.2) is 24.4 Å². The Hall–Kier alpha value is -1.38. The molecular formula is C11H14N2O. The fourth-order valence-electron chi connectivity index (χ4n) is 1.30. The quantitative estimate of drug-likeness (QED) is 0.784. The largest absolute Gasteiger partial charge is 0.350 e. The summed E-state index contributed by atoms with van der Waals surface area (Å²) < 4.78 is 0. The van der Waals surface area contributed by atoms with E-state index in [0.717, 1.165) is 18.5 Å². The molecule has 3 nitrogen and oxygen atoms in total. The van der Waals surface area contributed by atoms with Gasteiger partial charge in [-0.15, -0.1) is 0 Å². The van der Waals surface area contributed by atoms with Crippen molar-refractivity contribution in [1.82, 2.24) is 10.3 Å². The van der Waals surface area contributed by atoms with Crippen LogP contribution in [0.25, 0.3) is 0 Å². The van der Waals surface area contributed by atoms with Gasteiger partial charge in [0.2, 0.25) is 5.91 Å². The maximum absolute atomic E-state index is 11.6. The molecule has 1 heterocycles. The SMILES string of the molecule is CC1(C(=O)NCc2ccccn2)CC1. The lowest BCUT2D eigenvalue weighted by atomic mass is 10.1. The Bertz CT molecular complexity index is 330. The third kappa shape index (κ3) is 1.92. The molecule has 0 saturated heterocycles. The highest BCUT2D eigenvalue weighted by molar-refractivity contribution is 5.84. The van der Waals surface area contributed by atoms with Gasteiger partial charge in [0.05, 0.1) is 12.2 Å². The van der Waals surface area contributed by atoms with Crippen molar-refractivity contribution in [3.05, 3.63) is 30.1 Å². The van der Waals surface area contributed by atoms with Crippen molar-refractivity contribution in [3.63, 3.8) is 0 Å². The van der Waals surface area contributed by atoms with Crippen molar-refractivity contribution < 1.29 is 4.79 Å². The van der Waals surface area contributed by atoms with E-state index in [-0.39, 0.29) is 11.3 Å². The van der Waals surface area contributed by atoms with E-state index >= 15 is 0 Å². The summed E-state index contributed by atoms with van der Waals surface area (Å²) in [4.78, 5) is 15.7. The van der Waals surface area contributed by atoms with Gasteiger partial charge in [-0.1, -0.05) is 13.0 Å². The van der Waals surface area contributed by atoms with Crippen molar-refractivity contribution >= 4 is 5.91 Å². The minimum absolute atomic E-state index is 0.0885. The smallest absolute Gasteiger partial charge is 0.226 e. The molecule has 0 radical (unpaired) electrons. The van der Waals surface area contributed by atoms with Crippen molar-refractivity contribution in [2.24, 2.45) is 5.41 Å². The van der Waals surface area contributed by atoms with Gasteiger partial charge in [-0.25, -0.2) is 0 Å². The first-order valence-corrected chi connectivity index (χ1v) is 4.89. The molecule has 0 unspecified atom stereocenters. The second-order valence-corrected chi connectivity index (χ2v) is 4.06. The average molecular weight is 190 g/mol. The zero-order valence-corrected chi connectivity index (χ0v) is 8.29. The zero-order chi connectivity index (χ0) is 10.0. The molecule has 3 heteroatoms. The van der Waals surface area contributed by atoms with E-state index in [0.29, 0.717) is 6.54 Å². The number of aromatic nitrogens is 1. The van der Waals surface area contributed by atoms with Crippen LogP contribution in [0.3, 0.4) is 0 Å². The number of rotatable bonds is 3. The number of amides is 1. The highest BCUT2D eigenvalue weighted by Gasteiger charge is 2.44. The fraction of sp³-hybridized carbons (Fsp3) is 0.455. The Balaban J connectivity index is 1.86. The predicted octanol–water partition coefficient (Wildman–Crippen LogP) is 1.50. The topological polar surface area (TPSA) is 42.0 Å². The average Bonchev–Trinajstić information content (AvgIpc) is 2.96. The lowest BCUT2D eigenvalue weighted by Gasteiger charge is -2.08. The Morgan fingerprint density at radius 3 is 2.93 bits per heavy atom. The predicted molar refractivity (Wildman–Crippen MR) is 53.4 cm³/mol. The first-order chi connectivity index (χ1) is 6.71. The van der Waals surface area contributed by atoms with Gasteiger partial charge in [-0.05, 0) is 25.0 Å². The minimum Gasteiger partial charge on any atom is -0.350 e. The second kappa shape index (κ2) is 3.40. The Kier molecular flexibility index (Phi) is 2.23. The molecule has 1 aromatic rings. The summed E-state index contributed by atoms with van der Waals surface area (Å²) in [5, 5.41) is 2.90. The Morgan fingerprint density at radius 1 is 1.57 bits per heavy atom. The van der Waals surface area contributed by atoms with E-state index in [1.165, 1.54) is 0 Å². The van der Waals surface area contributed by atoms with Gasteiger partial charge in [-0.3, -0.25) is 9.78 Å². The molecule has 1 aliphatic carbocycles. The lowest BCUT2D eigenvalue weighted by molar-refractivity contribution is -0.125. The molecule has 1 saturated carbocycles. The van der Waals surface area contributed by atoms with E-state index < -0.39 is 0 Å². The molecule has 0 aromatic carbocycles. The first kappa shape index (κ1) is 9.19. The Labute approximate surface area is 83.5 Å². The zero-order valence-electron chi connectivity index (χ0n) is 8.29. The third-order valence-electron chi connectivity index (χ3n) is 2.70. The summed E-state index contributed by atoms with van der Waals surface area (Å²) in [6.07, 6.45) is 3.77. The van der Waals surface area contributed by atoms with E-state index in [1.807, 2.05) is 25.1 Å². The van der Waals surface area contributed by atoms with Crippen LogP contribution >= 0.6 is 0 Å². The van der Waals surface area contributed by atoms with Crippen LogP contribution < -0.4 is 5.32 Å². The van der Waals surface area contributed by atoms with Gasteiger partial charge >= 0.3 is 0 Å². The summed E-state index contributed by atoms with van der Waals surface area (Å²) >= 11 is 0. The molecule has 1 amide bonds. The van der Waals surface area contributed by atoms with Crippen molar-refractivity contribution in [2.45, 2.75) is 26.3 Å². The monoisotopic (exact) mass is 190 g/mol. The van der Waals surface area contributed by atoms with Gasteiger partial charge in [0.15, 0.2) is 0 Å². The molecule has 1 fully saturated rings. The number of carbonyl (C=O) groups excluding carboxylic acids is 1. The molecule has 1 N–H and O–H groups in total. The molecule has 1 aliphatic rings. The number of nitrogens with zero attached hydrogens (tertiary/aromatic N) is 1. The van der Waals surface area contributed by atoms with Crippen molar-refractivity contribution in [3.8, 4) is 0 Å². The summed E-state index contributed by atoms with van der Waals surface area (Å²) in [7, 11) is 0. The van der Waals surface area contributed by atoms with E-state index in [1.54, 1.807) is 6.20 Å². The molecule has 14 heavy (non-hydrogen) atoms. The van der Waals surface area contributed by atoms with Gasteiger partial charge < -0.3 is 5.32 Å².